The molecule has 3 aliphatic rings. The van der Waals surface area contributed by atoms with E-state index in [0.717, 1.165) is 38.9 Å². The molecule has 1 aromatic rings. The van der Waals surface area contributed by atoms with Crippen molar-refractivity contribution in [3.63, 3.8) is 0 Å². The molecule has 0 spiro atoms. The number of hydrogen-bond donors (Lipinski definition) is 0. The summed E-state index contributed by atoms with van der Waals surface area (Å²) < 4.78 is 13.1. The summed E-state index contributed by atoms with van der Waals surface area (Å²) in [7, 11) is 0. The van der Waals surface area contributed by atoms with Crippen molar-refractivity contribution in [1.82, 2.24) is 14.9 Å². The fraction of sp³-hybridized carbons (Fsp3) is 0.650. The van der Waals surface area contributed by atoms with Gasteiger partial charge in [0.05, 0.1) is 12.4 Å². The third-order valence-electron chi connectivity index (χ3n) is 6.09. The number of fused-ring (bicyclic) bond motifs is 1. The van der Waals surface area contributed by atoms with Gasteiger partial charge in [0.15, 0.2) is 5.82 Å². The molecule has 3 heterocycles. The van der Waals surface area contributed by atoms with Crippen molar-refractivity contribution in [2.24, 2.45) is 5.92 Å². The van der Waals surface area contributed by atoms with Crippen molar-refractivity contribution in [3.05, 3.63) is 29.9 Å². The van der Waals surface area contributed by atoms with Crippen LogP contribution in [0.1, 0.15) is 51.4 Å². The summed E-state index contributed by atoms with van der Waals surface area (Å²) >= 11 is 0. The highest BCUT2D eigenvalue weighted by atomic mass is 19.1. The molecule has 0 unspecified atom stereocenters. The Kier molecular flexibility index (Phi) is 5.18. The number of anilines is 1. The summed E-state index contributed by atoms with van der Waals surface area (Å²) in [5.41, 5.74) is 1.53. The molecule has 26 heavy (non-hydrogen) atoms. The lowest BCUT2D eigenvalue weighted by atomic mass is 9.83. The number of likely N-dealkylation sites (tertiary alicyclic amines) is 1. The van der Waals surface area contributed by atoms with Crippen LogP contribution in [0.15, 0.2) is 24.0 Å². The van der Waals surface area contributed by atoms with Gasteiger partial charge in [-0.3, -0.25) is 4.79 Å². The first-order valence-electron chi connectivity index (χ1n) is 9.90. The van der Waals surface area contributed by atoms with Gasteiger partial charge in [-0.05, 0) is 50.9 Å². The third kappa shape index (κ3) is 3.74. The molecule has 140 valence electrons. The van der Waals surface area contributed by atoms with Crippen LogP contribution in [0.4, 0.5) is 10.3 Å². The standard InChI is InChI=1S/C20H27FN4O/c21-17-12-22-20(23-13-17)24-10-9-18-16(14-24)6-7-19(26)25(18)11-8-15-4-2-1-3-5-15/h4,12-13,16,18H,1-3,5-11,14H2/t16-,18+/m1/s1. The van der Waals surface area contributed by atoms with Crippen LogP contribution in [-0.2, 0) is 4.79 Å². The Morgan fingerprint density at radius 1 is 1.15 bits per heavy atom. The monoisotopic (exact) mass is 358 g/mol. The van der Waals surface area contributed by atoms with Crippen molar-refractivity contribution in [2.45, 2.75) is 57.4 Å². The molecule has 0 aromatic carbocycles. The van der Waals surface area contributed by atoms with Gasteiger partial charge in [-0.2, -0.15) is 0 Å². The van der Waals surface area contributed by atoms with E-state index in [9.17, 15) is 9.18 Å². The minimum atomic E-state index is -0.407. The first-order valence-corrected chi connectivity index (χ1v) is 9.90. The smallest absolute Gasteiger partial charge is 0.225 e. The highest BCUT2D eigenvalue weighted by Gasteiger charge is 2.39. The number of allylic oxidation sites excluding steroid dienone is 1. The number of halogens is 1. The van der Waals surface area contributed by atoms with Gasteiger partial charge in [-0.25, -0.2) is 14.4 Å². The first kappa shape index (κ1) is 17.4. The van der Waals surface area contributed by atoms with Crippen LogP contribution in [0.25, 0.3) is 0 Å². The second kappa shape index (κ2) is 7.72. The van der Waals surface area contributed by atoms with E-state index < -0.39 is 5.82 Å². The zero-order valence-corrected chi connectivity index (χ0v) is 15.2. The second-order valence-corrected chi connectivity index (χ2v) is 7.75. The van der Waals surface area contributed by atoms with Crippen molar-refractivity contribution >= 4 is 11.9 Å². The lowest BCUT2D eigenvalue weighted by Gasteiger charge is -2.47. The number of amides is 1. The highest BCUT2D eigenvalue weighted by molar-refractivity contribution is 5.77. The number of piperidine rings is 2. The van der Waals surface area contributed by atoms with Crippen LogP contribution >= 0.6 is 0 Å². The van der Waals surface area contributed by atoms with E-state index in [1.54, 1.807) is 0 Å². The lowest BCUT2D eigenvalue weighted by Crippen LogP contribution is -2.56. The van der Waals surface area contributed by atoms with Crippen LogP contribution in [0, 0.1) is 11.7 Å². The average molecular weight is 358 g/mol. The summed E-state index contributed by atoms with van der Waals surface area (Å²) in [6.45, 7) is 2.53. The number of aromatic nitrogens is 2. The van der Waals surface area contributed by atoms with Gasteiger partial charge in [0, 0.05) is 32.1 Å². The summed E-state index contributed by atoms with van der Waals surface area (Å²) in [6, 6.07) is 0.331. The van der Waals surface area contributed by atoms with Gasteiger partial charge in [0.1, 0.15) is 0 Å². The second-order valence-electron chi connectivity index (χ2n) is 7.75. The summed E-state index contributed by atoms with van der Waals surface area (Å²) in [4.78, 5) is 25.1. The molecule has 6 heteroatoms. The zero-order valence-electron chi connectivity index (χ0n) is 15.2. The molecule has 1 aromatic heterocycles. The number of hydrogen-bond acceptors (Lipinski definition) is 4. The molecule has 1 aliphatic carbocycles. The molecule has 0 radical (unpaired) electrons. The third-order valence-corrected chi connectivity index (χ3v) is 6.09. The lowest BCUT2D eigenvalue weighted by molar-refractivity contribution is -0.139. The quantitative estimate of drug-likeness (QED) is 0.775. The van der Waals surface area contributed by atoms with Gasteiger partial charge in [0.2, 0.25) is 11.9 Å². The Morgan fingerprint density at radius 2 is 2.00 bits per heavy atom. The maximum Gasteiger partial charge on any atom is 0.225 e. The van der Waals surface area contributed by atoms with E-state index in [1.807, 2.05) is 0 Å². The Bertz CT molecular complexity index is 675. The van der Waals surface area contributed by atoms with Crippen LogP contribution in [0.2, 0.25) is 0 Å². The van der Waals surface area contributed by atoms with Gasteiger partial charge in [-0.15, -0.1) is 0 Å². The normalized spacial score (nSPS) is 26.5. The van der Waals surface area contributed by atoms with E-state index in [-0.39, 0.29) is 0 Å². The number of rotatable bonds is 4. The molecule has 2 saturated heterocycles. The van der Waals surface area contributed by atoms with Crippen molar-refractivity contribution < 1.29 is 9.18 Å². The Hall–Kier alpha value is -1.98. The fourth-order valence-corrected chi connectivity index (χ4v) is 4.69. The van der Waals surface area contributed by atoms with Crippen LogP contribution in [0.3, 0.4) is 0 Å². The first-order chi connectivity index (χ1) is 12.7. The van der Waals surface area contributed by atoms with Gasteiger partial charge in [-0.1, -0.05) is 11.6 Å². The van der Waals surface area contributed by atoms with E-state index in [2.05, 4.69) is 25.8 Å². The predicted octanol–water partition coefficient (Wildman–Crippen LogP) is 3.32. The van der Waals surface area contributed by atoms with Crippen molar-refractivity contribution in [1.29, 1.82) is 0 Å². The molecular weight excluding hydrogens is 331 g/mol. The van der Waals surface area contributed by atoms with Crippen LogP contribution < -0.4 is 4.90 Å². The zero-order chi connectivity index (χ0) is 17.9. The summed E-state index contributed by atoms with van der Waals surface area (Å²) in [6.07, 6.45) is 13.4. The Morgan fingerprint density at radius 3 is 2.77 bits per heavy atom. The van der Waals surface area contributed by atoms with Gasteiger partial charge in [0.25, 0.3) is 0 Å². The molecule has 2 fully saturated rings. The van der Waals surface area contributed by atoms with E-state index in [0.29, 0.717) is 30.2 Å². The van der Waals surface area contributed by atoms with Gasteiger partial charge < -0.3 is 9.80 Å². The minimum Gasteiger partial charge on any atom is -0.340 e. The Labute approximate surface area is 154 Å². The van der Waals surface area contributed by atoms with E-state index in [4.69, 9.17) is 0 Å². The molecule has 2 atom stereocenters. The number of carbonyl (C=O) groups excluding carboxylic acids is 1. The fourth-order valence-electron chi connectivity index (χ4n) is 4.69. The van der Waals surface area contributed by atoms with E-state index >= 15 is 0 Å². The molecule has 2 aliphatic heterocycles. The average Bonchev–Trinajstić information content (AvgIpc) is 2.68. The summed E-state index contributed by atoms with van der Waals surface area (Å²) in [5, 5.41) is 0. The van der Waals surface area contributed by atoms with Crippen LogP contribution in [-0.4, -0.2) is 46.5 Å². The maximum absolute atomic E-state index is 13.1. The predicted molar refractivity (Wildman–Crippen MR) is 98.2 cm³/mol. The van der Waals surface area contributed by atoms with Crippen molar-refractivity contribution in [3.8, 4) is 0 Å². The van der Waals surface area contributed by atoms with Crippen molar-refractivity contribution in [2.75, 3.05) is 24.5 Å². The number of nitrogens with zero attached hydrogens (tertiary/aromatic N) is 4. The largest absolute Gasteiger partial charge is 0.340 e. The summed E-state index contributed by atoms with van der Waals surface area (Å²) in [5.74, 6) is 0.959. The number of carbonyl (C=O) groups is 1. The van der Waals surface area contributed by atoms with Gasteiger partial charge >= 0.3 is 0 Å². The topological polar surface area (TPSA) is 49.3 Å². The molecular formula is C20H27FN4O. The molecule has 0 N–H and O–H groups in total. The maximum atomic E-state index is 13.1. The molecule has 0 saturated carbocycles. The van der Waals surface area contributed by atoms with Crippen LogP contribution in [0.5, 0.6) is 0 Å². The minimum absolute atomic E-state index is 0.314. The Balaban J connectivity index is 1.40. The molecule has 0 bridgehead atoms. The molecule has 1 amide bonds. The van der Waals surface area contributed by atoms with E-state index in [1.165, 1.54) is 43.7 Å². The molecule has 4 rings (SSSR count). The SMILES string of the molecule is O=C1CC[C@@H]2CN(c3ncc(F)cn3)CC[C@@H]2N1CCC1=CCCCC1. The highest BCUT2D eigenvalue weighted by Crippen LogP contribution is 2.33. The molecule has 5 nitrogen and oxygen atoms in total.